The largest absolute Gasteiger partial charge is 1.00 e. The number of carbonyl (C=O) groups is 2. The number of fused-ring (bicyclic) bond motifs is 1. The predicted octanol–water partition coefficient (Wildman–Crippen LogP) is -2.01. The zero-order valence-corrected chi connectivity index (χ0v) is 13.2. The molecule has 0 saturated carbocycles. The second kappa shape index (κ2) is 6.45. The molecule has 0 aliphatic carbocycles. The second-order valence-corrected chi connectivity index (χ2v) is 3.56. The molecule has 0 N–H and O–H groups in total. The Labute approximate surface area is 146 Å². The molecular formula is C13H9KO4. The summed E-state index contributed by atoms with van der Waals surface area (Å²) in [7, 11) is 1.31. The van der Waals surface area contributed by atoms with Crippen LogP contribution >= 0.6 is 0 Å². The van der Waals surface area contributed by atoms with Crippen molar-refractivity contribution in [3.63, 3.8) is 0 Å². The zero-order valence-electron chi connectivity index (χ0n) is 10.1. The van der Waals surface area contributed by atoms with Gasteiger partial charge in [0.05, 0.1) is 18.6 Å². The van der Waals surface area contributed by atoms with Crippen LogP contribution in [0.25, 0.3) is 10.8 Å². The fourth-order valence-corrected chi connectivity index (χ4v) is 1.62. The maximum absolute atomic E-state index is 11.3. The van der Waals surface area contributed by atoms with Crippen molar-refractivity contribution in [2.24, 2.45) is 0 Å². The summed E-state index contributed by atoms with van der Waals surface area (Å²) in [5.74, 6) is -1.64. The van der Waals surface area contributed by atoms with E-state index in [0.717, 1.165) is 10.8 Å². The summed E-state index contributed by atoms with van der Waals surface area (Å²) >= 11 is 0. The monoisotopic (exact) mass is 268 g/mol. The van der Waals surface area contributed by atoms with Crippen LogP contribution in [0.3, 0.4) is 0 Å². The van der Waals surface area contributed by atoms with Crippen LogP contribution in [0, 0.1) is 0 Å². The maximum Gasteiger partial charge on any atom is 1.00 e. The standard InChI is InChI=1S/C13H10O4.K/c1-17-13(16)11-5-3-8-6-10(12(14)15)4-2-9(8)7-11;/h2-7H,1H3,(H,14,15);/q;+1/p-1. The van der Waals surface area contributed by atoms with Crippen LogP contribution in [0.1, 0.15) is 20.7 Å². The minimum absolute atomic E-state index is 0. The van der Waals surface area contributed by atoms with E-state index in [1.165, 1.54) is 19.2 Å². The number of hydrogen-bond donors (Lipinski definition) is 0. The fourth-order valence-electron chi connectivity index (χ4n) is 1.62. The van der Waals surface area contributed by atoms with Gasteiger partial charge in [0, 0.05) is 0 Å². The van der Waals surface area contributed by atoms with Crippen molar-refractivity contribution in [2.75, 3.05) is 7.11 Å². The average molecular weight is 268 g/mol. The van der Waals surface area contributed by atoms with Gasteiger partial charge in [0.25, 0.3) is 0 Å². The Hall–Kier alpha value is -0.724. The van der Waals surface area contributed by atoms with Crippen molar-refractivity contribution in [3.8, 4) is 0 Å². The van der Waals surface area contributed by atoms with Crippen molar-refractivity contribution >= 4 is 22.7 Å². The van der Waals surface area contributed by atoms with Gasteiger partial charge in [0.15, 0.2) is 0 Å². The third kappa shape index (κ3) is 3.18. The number of carboxylic acids is 1. The van der Waals surface area contributed by atoms with Crippen LogP contribution < -0.4 is 56.5 Å². The number of ether oxygens (including phenoxy) is 1. The summed E-state index contributed by atoms with van der Waals surface area (Å²) in [5, 5.41) is 12.2. The molecular weight excluding hydrogens is 259 g/mol. The van der Waals surface area contributed by atoms with E-state index < -0.39 is 11.9 Å². The number of rotatable bonds is 2. The Morgan fingerprint density at radius 1 is 1.00 bits per heavy atom. The SMILES string of the molecule is COC(=O)c1ccc2cc(C(=O)[O-])ccc2c1.[K+]. The Morgan fingerprint density at radius 2 is 1.50 bits per heavy atom. The van der Waals surface area contributed by atoms with Gasteiger partial charge in [0.1, 0.15) is 0 Å². The van der Waals surface area contributed by atoms with E-state index in [9.17, 15) is 14.7 Å². The molecule has 0 fully saturated rings. The molecule has 0 aliphatic heterocycles. The van der Waals surface area contributed by atoms with Crippen molar-refractivity contribution in [1.82, 2.24) is 0 Å². The number of methoxy groups -OCH3 is 1. The van der Waals surface area contributed by atoms with Crippen LogP contribution in [0.4, 0.5) is 0 Å². The molecule has 0 radical (unpaired) electrons. The van der Waals surface area contributed by atoms with Gasteiger partial charge in [-0.3, -0.25) is 0 Å². The number of carboxylic acid groups (broad SMARTS) is 1. The molecule has 0 aromatic heterocycles. The first-order chi connectivity index (χ1) is 8.11. The number of carbonyl (C=O) groups excluding carboxylic acids is 2. The molecule has 2 aromatic rings. The number of aromatic carboxylic acids is 1. The van der Waals surface area contributed by atoms with Crippen molar-refractivity contribution in [2.45, 2.75) is 0 Å². The third-order valence-electron chi connectivity index (χ3n) is 2.50. The molecule has 0 atom stereocenters. The summed E-state index contributed by atoms with van der Waals surface area (Å²) < 4.78 is 4.60. The van der Waals surface area contributed by atoms with Crippen LogP contribution in [0.5, 0.6) is 0 Å². The maximum atomic E-state index is 11.3. The van der Waals surface area contributed by atoms with E-state index in [2.05, 4.69) is 4.74 Å². The first-order valence-corrected chi connectivity index (χ1v) is 4.95. The average Bonchev–Trinajstić information content (AvgIpc) is 2.36. The van der Waals surface area contributed by atoms with Crippen molar-refractivity contribution in [3.05, 3.63) is 47.5 Å². The second-order valence-electron chi connectivity index (χ2n) is 3.56. The number of benzene rings is 2. The molecule has 0 aliphatic rings. The molecule has 0 heterocycles. The van der Waals surface area contributed by atoms with E-state index in [4.69, 9.17) is 0 Å². The molecule has 0 spiro atoms. The zero-order chi connectivity index (χ0) is 12.4. The summed E-state index contributed by atoms with van der Waals surface area (Å²) in [6.07, 6.45) is 0. The van der Waals surface area contributed by atoms with Gasteiger partial charge in [-0.2, -0.15) is 0 Å². The van der Waals surface area contributed by atoms with Gasteiger partial charge in [-0.25, -0.2) is 4.79 Å². The summed E-state index contributed by atoms with van der Waals surface area (Å²) in [6.45, 7) is 0. The van der Waals surface area contributed by atoms with E-state index in [-0.39, 0.29) is 56.9 Å². The smallest absolute Gasteiger partial charge is 0.545 e. The molecule has 0 amide bonds. The normalized spacial score (nSPS) is 9.61. The first-order valence-electron chi connectivity index (χ1n) is 4.95. The molecule has 5 heteroatoms. The van der Waals surface area contributed by atoms with Gasteiger partial charge in [-0.1, -0.05) is 18.2 Å². The Bertz CT molecular complexity index is 607. The third-order valence-corrected chi connectivity index (χ3v) is 2.50. The van der Waals surface area contributed by atoms with Gasteiger partial charge in [0.2, 0.25) is 0 Å². The van der Waals surface area contributed by atoms with Gasteiger partial charge >= 0.3 is 57.4 Å². The number of esters is 1. The Morgan fingerprint density at radius 3 is 2.00 bits per heavy atom. The number of hydrogen-bond acceptors (Lipinski definition) is 4. The van der Waals surface area contributed by atoms with Gasteiger partial charge in [-0.15, -0.1) is 0 Å². The first kappa shape index (κ1) is 15.3. The minimum Gasteiger partial charge on any atom is -0.545 e. The summed E-state index contributed by atoms with van der Waals surface area (Å²) in [4.78, 5) is 22.0. The molecule has 18 heavy (non-hydrogen) atoms. The molecule has 86 valence electrons. The molecule has 2 aromatic carbocycles. The molecule has 0 saturated heterocycles. The topological polar surface area (TPSA) is 66.4 Å². The fraction of sp³-hybridized carbons (Fsp3) is 0.0769. The molecule has 4 nitrogen and oxygen atoms in total. The van der Waals surface area contributed by atoms with Crippen LogP contribution in [0.15, 0.2) is 36.4 Å². The van der Waals surface area contributed by atoms with E-state index in [0.29, 0.717) is 5.56 Å². The quantitative estimate of drug-likeness (QED) is 0.466. The molecule has 0 unspecified atom stereocenters. The van der Waals surface area contributed by atoms with Crippen molar-refractivity contribution in [1.29, 1.82) is 0 Å². The summed E-state index contributed by atoms with van der Waals surface area (Å²) in [6, 6.07) is 9.50. The van der Waals surface area contributed by atoms with Crippen LogP contribution in [-0.2, 0) is 4.74 Å². The van der Waals surface area contributed by atoms with E-state index in [1.54, 1.807) is 24.3 Å². The molecule has 0 bridgehead atoms. The van der Waals surface area contributed by atoms with E-state index >= 15 is 0 Å². The van der Waals surface area contributed by atoms with Crippen LogP contribution in [-0.4, -0.2) is 19.0 Å². The predicted molar refractivity (Wildman–Crippen MR) is 59.6 cm³/mol. The van der Waals surface area contributed by atoms with Crippen LogP contribution in [0.2, 0.25) is 0 Å². The summed E-state index contributed by atoms with van der Waals surface area (Å²) in [5.41, 5.74) is 0.546. The van der Waals surface area contributed by atoms with Gasteiger partial charge < -0.3 is 14.6 Å². The molecule has 2 rings (SSSR count). The minimum atomic E-state index is -1.22. The van der Waals surface area contributed by atoms with E-state index in [1.807, 2.05) is 0 Å². The Kier molecular flexibility index (Phi) is 5.49. The van der Waals surface area contributed by atoms with Crippen molar-refractivity contribution < 1.29 is 70.8 Å². The van der Waals surface area contributed by atoms with Gasteiger partial charge in [-0.05, 0) is 34.5 Å². The Balaban J connectivity index is 0.00000162.